The van der Waals surface area contributed by atoms with Gasteiger partial charge in [0.05, 0.1) is 5.02 Å². The Hall–Kier alpha value is -1.38. The third-order valence-electron chi connectivity index (χ3n) is 3.43. The van der Waals surface area contributed by atoms with E-state index in [9.17, 15) is 5.11 Å². The van der Waals surface area contributed by atoms with Crippen molar-refractivity contribution in [3.63, 3.8) is 0 Å². The van der Waals surface area contributed by atoms with Gasteiger partial charge < -0.3 is 10.2 Å². The van der Waals surface area contributed by atoms with Gasteiger partial charge in [-0.3, -0.25) is 0 Å². The summed E-state index contributed by atoms with van der Waals surface area (Å²) in [7, 11) is 0. The number of benzene rings is 2. The minimum Gasteiger partial charge on any atom is -0.508 e. The molecule has 0 aliphatic carbocycles. The molecule has 0 heterocycles. The summed E-state index contributed by atoms with van der Waals surface area (Å²) < 4.78 is 0. The van der Waals surface area contributed by atoms with Crippen molar-refractivity contribution in [3.05, 3.63) is 58.1 Å². The summed E-state index contributed by atoms with van der Waals surface area (Å²) in [5.41, 5.74) is 1.06. The van der Waals surface area contributed by atoms with E-state index in [0.29, 0.717) is 10.0 Å². The van der Waals surface area contributed by atoms with Crippen LogP contribution >= 0.6 is 23.2 Å². The monoisotopic (exact) mass is 354 g/mol. The van der Waals surface area contributed by atoms with E-state index in [1.165, 1.54) is 25.7 Å². The first-order valence-corrected chi connectivity index (χ1v) is 8.71. The standard InChI is InChI=1S/C13H19ClO.C6H5ClO/c1-2-3-4-5-6-8-11-9-7-10-12(15)13(11)14;7-5-1-3-6(8)4-2-5/h7,9-10,15H,2-6,8H2,1H3;1-4,8H. The Balaban J connectivity index is 0.000000277. The Morgan fingerprint density at radius 2 is 1.48 bits per heavy atom. The van der Waals surface area contributed by atoms with Gasteiger partial charge in [0.2, 0.25) is 0 Å². The molecule has 0 fully saturated rings. The van der Waals surface area contributed by atoms with E-state index in [0.717, 1.165) is 18.4 Å². The molecule has 2 aromatic rings. The van der Waals surface area contributed by atoms with Crippen LogP contribution in [0.25, 0.3) is 0 Å². The van der Waals surface area contributed by atoms with Crippen LogP contribution < -0.4 is 0 Å². The van der Waals surface area contributed by atoms with Crippen molar-refractivity contribution < 1.29 is 10.2 Å². The third-order valence-corrected chi connectivity index (χ3v) is 4.12. The van der Waals surface area contributed by atoms with E-state index < -0.39 is 0 Å². The average molecular weight is 355 g/mol. The normalized spacial score (nSPS) is 10.0. The summed E-state index contributed by atoms with van der Waals surface area (Å²) in [6, 6.07) is 11.8. The van der Waals surface area contributed by atoms with Crippen LogP contribution in [-0.2, 0) is 6.42 Å². The van der Waals surface area contributed by atoms with Gasteiger partial charge in [-0.15, -0.1) is 0 Å². The van der Waals surface area contributed by atoms with Crippen LogP contribution in [0.15, 0.2) is 42.5 Å². The maximum absolute atomic E-state index is 9.41. The van der Waals surface area contributed by atoms with Crippen LogP contribution in [0.3, 0.4) is 0 Å². The highest BCUT2D eigenvalue weighted by molar-refractivity contribution is 6.32. The number of phenols is 2. The van der Waals surface area contributed by atoms with Gasteiger partial charge in [0.1, 0.15) is 11.5 Å². The molecule has 0 amide bonds. The SMILES string of the molecule is CCCCCCCc1cccc(O)c1Cl.Oc1ccc(Cl)cc1. The quantitative estimate of drug-likeness (QED) is 0.573. The van der Waals surface area contributed by atoms with E-state index >= 15 is 0 Å². The number of rotatable bonds is 6. The molecule has 0 aromatic heterocycles. The topological polar surface area (TPSA) is 40.5 Å². The largest absolute Gasteiger partial charge is 0.508 e. The fourth-order valence-electron chi connectivity index (χ4n) is 2.12. The van der Waals surface area contributed by atoms with Crippen molar-refractivity contribution in [1.82, 2.24) is 0 Å². The lowest BCUT2D eigenvalue weighted by molar-refractivity contribution is 0.474. The predicted octanol–water partition coefficient (Wildman–Crippen LogP) is 6.60. The Morgan fingerprint density at radius 1 is 0.826 bits per heavy atom. The molecule has 0 aliphatic rings. The summed E-state index contributed by atoms with van der Waals surface area (Å²) in [6.45, 7) is 2.21. The summed E-state index contributed by atoms with van der Waals surface area (Å²) >= 11 is 11.5. The molecule has 2 aromatic carbocycles. The lowest BCUT2D eigenvalue weighted by Gasteiger charge is -2.05. The van der Waals surface area contributed by atoms with E-state index in [2.05, 4.69) is 6.92 Å². The molecule has 0 bridgehead atoms. The molecule has 4 heteroatoms. The second-order valence-electron chi connectivity index (χ2n) is 5.39. The van der Waals surface area contributed by atoms with Gasteiger partial charge >= 0.3 is 0 Å². The van der Waals surface area contributed by atoms with Gasteiger partial charge in [-0.25, -0.2) is 0 Å². The second kappa shape index (κ2) is 11.2. The molecule has 0 saturated heterocycles. The Morgan fingerprint density at radius 3 is 2.09 bits per heavy atom. The lowest BCUT2D eigenvalue weighted by Crippen LogP contribution is -1.87. The zero-order valence-electron chi connectivity index (χ0n) is 13.4. The second-order valence-corrected chi connectivity index (χ2v) is 6.21. The molecular weight excluding hydrogens is 331 g/mol. The van der Waals surface area contributed by atoms with E-state index in [1.807, 2.05) is 12.1 Å². The lowest BCUT2D eigenvalue weighted by atomic mass is 10.1. The predicted molar refractivity (Wildman–Crippen MR) is 98.7 cm³/mol. The zero-order valence-corrected chi connectivity index (χ0v) is 14.9. The van der Waals surface area contributed by atoms with Gasteiger partial charge in [0.25, 0.3) is 0 Å². The number of hydrogen-bond donors (Lipinski definition) is 2. The van der Waals surface area contributed by atoms with Crippen LogP contribution in [0.1, 0.15) is 44.6 Å². The van der Waals surface area contributed by atoms with Crippen LogP contribution in [0, 0.1) is 0 Å². The third kappa shape index (κ3) is 8.15. The molecule has 0 aliphatic heterocycles. The molecule has 2 N–H and O–H groups in total. The van der Waals surface area contributed by atoms with Gasteiger partial charge in [-0.1, -0.05) is 67.9 Å². The summed E-state index contributed by atoms with van der Waals surface area (Å²) in [5.74, 6) is 0.442. The Labute approximate surface area is 148 Å². The molecule has 0 spiro atoms. The van der Waals surface area contributed by atoms with Crippen LogP contribution in [-0.4, -0.2) is 10.2 Å². The van der Waals surface area contributed by atoms with E-state index in [-0.39, 0.29) is 11.5 Å². The summed E-state index contributed by atoms with van der Waals surface area (Å²) in [4.78, 5) is 0. The molecular formula is C19H24Cl2O2. The molecule has 0 atom stereocenters. The summed E-state index contributed by atoms with van der Waals surface area (Å²) in [5, 5.41) is 19.3. The fourth-order valence-corrected chi connectivity index (χ4v) is 2.47. The molecule has 0 saturated carbocycles. The highest BCUT2D eigenvalue weighted by atomic mass is 35.5. The average Bonchev–Trinajstić information content (AvgIpc) is 2.54. The highest BCUT2D eigenvalue weighted by Gasteiger charge is 2.03. The Bertz CT molecular complexity index is 547. The molecule has 0 unspecified atom stereocenters. The first-order valence-electron chi connectivity index (χ1n) is 7.95. The number of unbranched alkanes of at least 4 members (excludes halogenated alkanes) is 4. The molecule has 126 valence electrons. The molecule has 2 nitrogen and oxygen atoms in total. The molecule has 0 radical (unpaired) electrons. The van der Waals surface area contributed by atoms with Crippen LogP contribution in [0.4, 0.5) is 0 Å². The van der Waals surface area contributed by atoms with Crippen molar-refractivity contribution in [2.24, 2.45) is 0 Å². The van der Waals surface area contributed by atoms with Gasteiger partial charge in [-0.05, 0) is 48.7 Å². The number of phenolic OH excluding ortho intramolecular Hbond substituents is 2. The zero-order chi connectivity index (χ0) is 17.1. The first kappa shape index (κ1) is 19.7. The smallest absolute Gasteiger partial charge is 0.134 e. The van der Waals surface area contributed by atoms with Gasteiger partial charge in [0, 0.05) is 5.02 Å². The first-order chi connectivity index (χ1) is 11.0. The van der Waals surface area contributed by atoms with Gasteiger partial charge in [-0.2, -0.15) is 0 Å². The number of hydrogen-bond acceptors (Lipinski definition) is 2. The van der Waals surface area contributed by atoms with Crippen molar-refractivity contribution in [3.8, 4) is 11.5 Å². The maximum Gasteiger partial charge on any atom is 0.134 e. The summed E-state index contributed by atoms with van der Waals surface area (Å²) in [6.07, 6.45) is 7.26. The van der Waals surface area contributed by atoms with E-state index in [4.69, 9.17) is 28.3 Å². The maximum atomic E-state index is 9.41. The number of aromatic hydroxyl groups is 2. The minimum absolute atomic E-state index is 0.197. The van der Waals surface area contributed by atoms with E-state index in [1.54, 1.807) is 30.3 Å². The molecule has 23 heavy (non-hydrogen) atoms. The van der Waals surface area contributed by atoms with Crippen molar-refractivity contribution in [1.29, 1.82) is 0 Å². The van der Waals surface area contributed by atoms with Crippen LogP contribution in [0.5, 0.6) is 11.5 Å². The molecule has 2 rings (SSSR count). The fraction of sp³-hybridized carbons (Fsp3) is 0.368. The highest BCUT2D eigenvalue weighted by Crippen LogP contribution is 2.27. The van der Waals surface area contributed by atoms with Gasteiger partial charge in [0.15, 0.2) is 0 Å². The minimum atomic E-state index is 0.197. The Kier molecular flexibility index (Phi) is 9.58. The van der Waals surface area contributed by atoms with Crippen molar-refractivity contribution in [2.75, 3.05) is 0 Å². The van der Waals surface area contributed by atoms with Crippen molar-refractivity contribution in [2.45, 2.75) is 45.4 Å². The number of aryl methyl sites for hydroxylation is 1. The number of halogens is 2. The van der Waals surface area contributed by atoms with Crippen LogP contribution in [0.2, 0.25) is 10.0 Å². The van der Waals surface area contributed by atoms with Crippen molar-refractivity contribution >= 4 is 23.2 Å².